The van der Waals surface area contributed by atoms with Gasteiger partial charge in [0.2, 0.25) is 0 Å². The second-order valence-electron chi connectivity index (χ2n) is 3.01. The zero-order valence-corrected chi connectivity index (χ0v) is 9.18. The number of nitrogens with zero attached hydrogens (tertiary/aromatic N) is 4. The minimum atomic E-state index is -1.08. The van der Waals surface area contributed by atoms with Crippen molar-refractivity contribution in [1.82, 2.24) is 20.0 Å². The van der Waals surface area contributed by atoms with E-state index < -0.39 is 5.97 Å². The first kappa shape index (κ1) is 10.6. The summed E-state index contributed by atoms with van der Waals surface area (Å²) in [6.07, 6.45) is 3.55. The first-order chi connectivity index (χ1) is 7.65. The highest BCUT2D eigenvalue weighted by Crippen LogP contribution is 2.24. The highest BCUT2D eigenvalue weighted by atomic mass is 32.2. The van der Waals surface area contributed by atoms with Crippen molar-refractivity contribution in [3.8, 4) is 0 Å². The Hall–Kier alpha value is -1.89. The Morgan fingerprint density at radius 3 is 2.75 bits per heavy atom. The molecule has 2 rings (SSSR count). The van der Waals surface area contributed by atoms with Crippen molar-refractivity contribution in [2.75, 3.05) is 0 Å². The van der Waals surface area contributed by atoms with E-state index >= 15 is 0 Å². The fourth-order valence-corrected chi connectivity index (χ4v) is 1.83. The summed E-state index contributed by atoms with van der Waals surface area (Å²) in [7, 11) is 1.82. The topological polar surface area (TPSA) is 80.9 Å². The Labute approximate surface area is 95.3 Å². The van der Waals surface area contributed by atoms with Gasteiger partial charge in [0.25, 0.3) is 0 Å². The molecule has 0 amide bonds. The van der Waals surface area contributed by atoms with Crippen LogP contribution < -0.4 is 0 Å². The van der Waals surface area contributed by atoms with Crippen LogP contribution in [-0.4, -0.2) is 31.1 Å². The maximum Gasteiger partial charge on any atom is 0.356 e. The number of hydrogen-bond acceptors (Lipinski definition) is 5. The van der Waals surface area contributed by atoms with Gasteiger partial charge in [-0.3, -0.25) is 4.68 Å². The number of aryl methyl sites for hydroxylation is 1. The van der Waals surface area contributed by atoms with Gasteiger partial charge >= 0.3 is 5.97 Å². The van der Waals surface area contributed by atoms with E-state index in [0.717, 1.165) is 4.90 Å². The molecule has 0 aromatic carbocycles. The molecule has 1 N–H and O–H groups in total. The van der Waals surface area contributed by atoms with Gasteiger partial charge in [-0.15, -0.1) is 10.2 Å². The number of rotatable bonds is 3. The zero-order valence-electron chi connectivity index (χ0n) is 8.36. The summed E-state index contributed by atoms with van der Waals surface area (Å²) in [5.41, 5.74) is -0.0597. The fraction of sp³-hybridized carbons (Fsp3) is 0.111. The SMILES string of the molecule is Cn1cc(Sc2ccc(C(=O)O)nn2)cn1. The molecule has 0 atom stereocenters. The Morgan fingerprint density at radius 2 is 2.25 bits per heavy atom. The van der Waals surface area contributed by atoms with E-state index in [-0.39, 0.29) is 5.69 Å². The fourth-order valence-electron chi connectivity index (χ4n) is 1.06. The Morgan fingerprint density at radius 1 is 1.44 bits per heavy atom. The second kappa shape index (κ2) is 4.31. The lowest BCUT2D eigenvalue weighted by Gasteiger charge is -1.96. The zero-order chi connectivity index (χ0) is 11.5. The van der Waals surface area contributed by atoms with Crippen molar-refractivity contribution in [3.05, 3.63) is 30.2 Å². The molecule has 2 aromatic rings. The van der Waals surface area contributed by atoms with E-state index in [1.54, 1.807) is 16.9 Å². The molecule has 7 heteroatoms. The lowest BCUT2D eigenvalue weighted by molar-refractivity contribution is 0.0689. The van der Waals surface area contributed by atoms with Crippen molar-refractivity contribution < 1.29 is 9.90 Å². The van der Waals surface area contributed by atoms with E-state index in [2.05, 4.69) is 15.3 Å². The first-order valence-corrected chi connectivity index (χ1v) is 5.20. The van der Waals surface area contributed by atoms with E-state index in [9.17, 15) is 4.79 Å². The van der Waals surface area contributed by atoms with Crippen molar-refractivity contribution in [2.24, 2.45) is 7.05 Å². The molecule has 6 nitrogen and oxygen atoms in total. The summed E-state index contributed by atoms with van der Waals surface area (Å²) in [4.78, 5) is 11.5. The minimum Gasteiger partial charge on any atom is -0.476 e. The van der Waals surface area contributed by atoms with Crippen molar-refractivity contribution in [3.63, 3.8) is 0 Å². The van der Waals surface area contributed by atoms with Crippen LogP contribution in [0, 0.1) is 0 Å². The molecule has 0 fully saturated rings. The number of carbonyl (C=O) groups is 1. The molecule has 82 valence electrons. The summed E-state index contributed by atoms with van der Waals surface area (Å²) in [6.45, 7) is 0. The van der Waals surface area contributed by atoms with E-state index in [4.69, 9.17) is 5.11 Å². The van der Waals surface area contributed by atoms with Crippen LogP contribution in [0.1, 0.15) is 10.5 Å². The summed E-state index contributed by atoms with van der Waals surface area (Å²) in [5, 5.41) is 20.7. The van der Waals surface area contributed by atoms with Crippen molar-refractivity contribution in [2.45, 2.75) is 9.92 Å². The molecule has 0 unspecified atom stereocenters. The molecule has 0 spiro atoms. The molecule has 2 heterocycles. The number of hydrogen-bond donors (Lipinski definition) is 1. The quantitative estimate of drug-likeness (QED) is 0.858. The minimum absolute atomic E-state index is 0.0597. The van der Waals surface area contributed by atoms with Crippen LogP contribution in [0.5, 0.6) is 0 Å². The lowest BCUT2D eigenvalue weighted by atomic mass is 10.4. The molecule has 2 aromatic heterocycles. The summed E-state index contributed by atoms with van der Waals surface area (Å²) in [6, 6.07) is 3.04. The average molecular weight is 236 g/mol. The van der Waals surface area contributed by atoms with Gasteiger partial charge in [0.1, 0.15) is 5.03 Å². The first-order valence-electron chi connectivity index (χ1n) is 4.38. The van der Waals surface area contributed by atoms with Crippen molar-refractivity contribution >= 4 is 17.7 Å². The summed E-state index contributed by atoms with van der Waals surface area (Å²) < 4.78 is 1.68. The normalized spacial score (nSPS) is 10.3. The summed E-state index contributed by atoms with van der Waals surface area (Å²) in [5.74, 6) is -1.08. The molecule has 0 radical (unpaired) electrons. The third-order valence-electron chi connectivity index (χ3n) is 1.76. The summed E-state index contributed by atoms with van der Waals surface area (Å²) >= 11 is 1.38. The highest BCUT2D eigenvalue weighted by Gasteiger charge is 2.06. The van der Waals surface area contributed by atoms with E-state index in [1.807, 2.05) is 13.2 Å². The van der Waals surface area contributed by atoms with E-state index in [1.165, 1.54) is 17.8 Å². The second-order valence-corrected chi connectivity index (χ2v) is 4.11. The third-order valence-corrected chi connectivity index (χ3v) is 2.64. The van der Waals surface area contributed by atoms with Gasteiger partial charge in [0, 0.05) is 13.2 Å². The van der Waals surface area contributed by atoms with Crippen LogP contribution >= 0.6 is 11.8 Å². The average Bonchev–Trinajstić information content (AvgIpc) is 2.65. The standard InChI is InChI=1S/C9H8N4O2S/c1-13-5-6(4-10-13)16-8-3-2-7(9(14)15)11-12-8/h2-5H,1H3,(H,14,15). The smallest absolute Gasteiger partial charge is 0.356 e. The molecule has 0 aliphatic heterocycles. The molecule has 0 bridgehead atoms. The number of aromatic nitrogens is 4. The van der Waals surface area contributed by atoms with Gasteiger partial charge in [-0.05, 0) is 12.1 Å². The van der Waals surface area contributed by atoms with Gasteiger partial charge in [-0.2, -0.15) is 5.10 Å². The van der Waals surface area contributed by atoms with Gasteiger partial charge in [-0.25, -0.2) is 4.79 Å². The van der Waals surface area contributed by atoms with Gasteiger partial charge in [0.15, 0.2) is 5.69 Å². The Kier molecular flexibility index (Phi) is 2.86. The number of carboxylic acid groups (broad SMARTS) is 1. The van der Waals surface area contributed by atoms with Crippen LogP contribution in [0.25, 0.3) is 0 Å². The van der Waals surface area contributed by atoms with Crippen LogP contribution in [0.15, 0.2) is 34.4 Å². The maximum absolute atomic E-state index is 10.6. The maximum atomic E-state index is 10.6. The van der Waals surface area contributed by atoms with Crippen LogP contribution in [0.4, 0.5) is 0 Å². The van der Waals surface area contributed by atoms with Crippen LogP contribution in [-0.2, 0) is 7.05 Å². The van der Waals surface area contributed by atoms with Gasteiger partial charge in [-0.1, -0.05) is 11.8 Å². The molecule has 0 aliphatic carbocycles. The number of carboxylic acids is 1. The molecular formula is C9H8N4O2S. The molecule has 16 heavy (non-hydrogen) atoms. The third kappa shape index (κ3) is 2.37. The van der Waals surface area contributed by atoms with Crippen LogP contribution in [0.3, 0.4) is 0 Å². The predicted octanol–water partition coefficient (Wildman–Crippen LogP) is 1.06. The molecule has 0 saturated carbocycles. The largest absolute Gasteiger partial charge is 0.476 e. The van der Waals surface area contributed by atoms with Crippen LogP contribution in [0.2, 0.25) is 0 Å². The Balaban J connectivity index is 2.14. The molecular weight excluding hydrogens is 228 g/mol. The Bertz CT molecular complexity index is 508. The highest BCUT2D eigenvalue weighted by molar-refractivity contribution is 7.99. The number of aromatic carboxylic acids is 1. The van der Waals surface area contributed by atoms with E-state index in [0.29, 0.717) is 5.03 Å². The molecule has 0 saturated heterocycles. The predicted molar refractivity (Wildman–Crippen MR) is 56.3 cm³/mol. The lowest BCUT2D eigenvalue weighted by Crippen LogP contribution is -2.01. The molecule has 0 aliphatic rings. The van der Waals surface area contributed by atoms with Gasteiger partial charge in [0.05, 0.1) is 11.1 Å². The van der Waals surface area contributed by atoms with Gasteiger partial charge < -0.3 is 5.11 Å². The van der Waals surface area contributed by atoms with Crippen molar-refractivity contribution in [1.29, 1.82) is 0 Å². The monoisotopic (exact) mass is 236 g/mol.